The summed E-state index contributed by atoms with van der Waals surface area (Å²) in [5, 5.41) is 0.148. The third-order valence-electron chi connectivity index (χ3n) is 3.23. The van der Waals surface area contributed by atoms with E-state index in [1.165, 1.54) is 5.56 Å². The molecule has 0 radical (unpaired) electrons. The van der Waals surface area contributed by atoms with E-state index in [2.05, 4.69) is 26.0 Å². The van der Waals surface area contributed by atoms with E-state index >= 15 is 0 Å². The zero-order chi connectivity index (χ0) is 14.5. The lowest BCUT2D eigenvalue weighted by Gasteiger charge is -2.36. The van der Waals surface area contributed by atoms with Crippen molar-refractivity contribution in [3.63, 3.8) is 0 Å². The van der Waals surface area contributed by atoms with Gasteiger partial charge < -0.3 is 9.64 Å². The molecule has 20 heavy (non-hydrogen) atoms. The standard InChI is InChI=1S/C16H23NO2S/c1-4-19-14-7-5-13(6-8-14)16-17(11-12(2)3)15(18)9-10-20-16/h5-8,12,16H,4,9-11H2,1-3H3. The lowest BCUT2D eigenvalue weighted by atomic mass is 10.1. The Kier molecular flexibility index (Phi) is 5.35. The van der Waals surface area contributed by atoms with Gasteiger partial charge in [-0.1, -0.05) is 26.0 Å². The second-order valence-electron chi connectivity index (χ2n) is 5.42. The number of thioether (sulfide) groups is 1. The third kappa shape index (κ3) is 3.69. The number of carbonyl (C=O) groups is 1. The molecule has 3 nitrogen and oxygen atoms in total. The van der Waals surface area contributed by atoms with Crippen molar-refractivity contribution in [1.29, 1.82) is 0 Å². The van der Waals surface area contributed by atoms with Gasteiger partial charge >= 0.3 is 0 Å². The van der Waals surface area contributed by atoms with Gasteiger partial charge in [0.2, 0.25) is 5.91 Å². The summed E-state index contributed by atoms with van der Waals surface area (Å²) in [5.74, 6) is 2.56. The number of carbonyl (C=O) groups excluding carboxylic acids is 1. The first-order valence-electron chi connectivity index (χ1n) is 7.25. The Morgan fingerprint density at radius 1 is 1.35 bits per heavy atom. The van der Waals surface area contributed by atoms with Crippen molar-refractivity contribution in [2.75, 3.05) is 18.9 Å². The molecule has 0 aliphatic carbocycles. The zero-order valence-electron chi connectivity index (χ0n) is 12.5. The van der Waals surface area contributed by atoms with Crippen LogP contribution in [-0.2, 0) is 4.79 Å². The molecule has 1 aromatic rings. The molecule has 1 unspecified atom stereocenters. The second-order valence-corrected chi connectivity index (χ2v) is 6.60. The number of hydrogen-bond donors (Lipinski definition) is 0. The van der Waals surface area contributed by atoms with Gasteiger partial charge in [0.25, 0.3) is 0 Å². The van der Waals surface area contributed by atoms with Gasteiger partial charge in [0.1, 0.15) is 11.1 Å². The number of ether oxygens (including phenoxy) is 1. The van der Waals surface area contributed by atoms with Gasteiger partial charge in [-0.15, -0.1) is 11.8 Å². The molecular weight excluding hydrogens is 270 g/mol. The average Bonchev–Trinajstić information content (AvgIpc) is 2.42. The van der Waals surface area contributed by atoms with Gasteiger partial charge in [0, 0.05) is 18.7 Å². The molecule has 0 aromatic heterocycles. The number of nitrogens with zero attached hydrogens (tertiary/aromatic N) is 1. The highest BCUT2D eigenvalue weighted by Crippen LogP contribution is 2.38. The van der Waals surface area contributed by atoms with Crippen molar-refractivity contribution in [3.8, 4) is 5.75 Å². The Labute approximate surface area is 125 Å². The monoisotopic (exact) mass is 293 g/mol. The fourth-order valence-corrected chi connectivity index (χ4v) is 3.63. The molecule has 110 valence electrons. The maximum absolute atomic E-state index is 12.2. The Bertz CT molecular complexity index is 444. The van der Waals surface area contributed by atoms with Gasteiger partial charge in [0.15, 0.2) is 0 Å². The van der Waals surface area contributed by atoms with E-state index in [4.69, 9.17) is 4.74 Å². The molecule has 1 aliphatic rings. The third-order valence-corrected chi connectivity index (χ3v) is 4.52. The lowest BCUT2D eigenvalue weighted by molar-refractivity contribution is -0.132. The van der Waals surface area contributed by atoms with Crippen molar-refractivity contribution in [2.24, 2.45) is 5.92 Å². The molecule has 0 bridgehead atoms. The summed E-state index contributed by atoms with van der Waals surface area (Å²) in [7, 11) is 0. The molecule has 0 spiro atoms. The molecule has 4 heteroatoms. The molecule has 1 aromatic carbocycles. The first-order valence-corrected chi connectivity index (χ1v) is 8.30. The summed E-state index contributed by atoms with van der Waals surface area (Å²) in [4.78, 5) is 14.2. The molecule has 0 saturated carbocycles. The van der Waals surface area contributed by atoms with Crippen LogP contribution in [0.3, 0.4) is 0 Å². The maximum atomic E-state index is 12.2. The Morgan fingerprint density at radius 2 is 2.05 bits per heavy atom. The Morgan fingerprint density at radius 3 is 2.65 bits per heavy atom. The van der Waals surface area contributed by atoms with Crippen LogP contribution in [-0.4, -0.2) is 29.7 Å². The van der Waals surface area contributed by atoms with Crippen molar-refractivity contribution >= 4 is 17.7 Å². The van der Waals surface area contributed by atoms with Gasteiger partial charge in [-0.25, -0.2) is 0 Å². The van der Waals surface area contributed by atoms with Crippen LogP contribution in [0, 0.1) is 5.92 Å². The topological polar surface area (TPSA) is 29.5 Å². The molecule has 1 saturated heterocycles. The summed E-state index contributed by atoms with van der Waals surface area (Å²) >= 11 is 1.85. The predicted octanol–water partition coefficient (Wildman–Crippen LogP) is 3.71. The van der Waals surface area contributed by atoms with Crippen LogP contribution in [0.1, 0.15) is 38.1 Å². The normalized spacial score (nSPS) is 19.5. The van der Waals surface area contributed by atoms with Crippen molar-refractivity contribution in [1.82, 2.24) is 4.90 Å². The summed E-state index contributed by atoms with van der Waals surface area (Å²) in [6, 6.07) is 8.14. The van der Waals surface area contributed by atoms with Crippen LogP contribution in [0.25, 0.3) is 0 Å². The Hall–Kier alpha value is -1.16. The Balaban J connectivity index is 2.16. The SMILES string of the molecule is CCOc1ccc(C2SCCC(=O)N2CC(C)C)cc1. The average molecular weight is 293 g/mol. The van der Waals surface area contributed by atoms with Crippen LogP contribution in [0.2, 0.25) is 0 Å². The van der Waals surface area contributed by atoms with E-state index < -0.39 is 0 Å². The summed E-state index contributed by atoms with van der Waals surface area (Å²) in [5.41, 5.74) is 1.19. The van der Waals surface area contributed by atoms with Crippen molar-refractivity contribution in [2.45, 2.75) is 32.6 Å². The van der Waals surface area contributed by atoms with E-state index in [1.807, 2.05) is 35.7 Å². The van der Waals surface area contributed by atoms with E-state index in [9.17, 15) is 4.79 Å². The smallest absolute Gasteiger partial charge is 0.224 e. The number of amides is 1. The summed E-state index contributed by atoms with van der Waals surface area (Å²) in [6.45, 7) is 7.79. The van der Waals surface area contributed by atoms with Crippen LogP contribution >= 0.6 is 11.8 Å². The summed E-state index contributed by atoms with van der Waals surface area (Å²) < 4.78 is 5.47. The van der Waals surface area contributed by atoms with Crippen LogP contribution in [0.5, 0.6) is 5.75 Å². The molecule has 1 heterocycles. The molecule has 1 atom stereocenters. The van der Waals surface area contributed by atoms with E-state index in [-0.39, 0.29) is 11.3 Å². The first-order chi connectivity index (χ1) is 9.61. The van der Waals surface area contributed by atoms with Crippen LogP contribution < -0.4 is 4.74 Å². The molecule has 1 amide bonds. The zero-order valence-corrected chi connectivity index (χ0v) is 13.3. The number of hydrogen-bond acceptors (Lipinski definition) is 3. The van der Waals surface area contributed by atoms with Gasteiger partial charge in [-0.05, 0) is 30.5 Å². The fourth-order valence-electron chi connectivity index (χ4n) is 2.38. The highest BCUT2D eigenvalue weighted by atomic mass is 32.2. The molecule has 2 rings (SSSR count). The van der Waals surface area contributed by atoms with E-state index in [0.29, 0.717) is 18.9 Å². The summed E-state index contributed by atoms with van der Waals surface area (Å²) in [6.07, 6.45) is 0.658. The molecular formula is C16H23NO2S. The fraction of sp³-hybridized carbons (Fsp3) is 0.562. The second kappa shape index (κ2) is 7.02. The van der Waals surface area contributed by atoms with Gasteiger partial charge in [-0.2, -0.15) is 0 Å². The van der Waals surface area contributed by atoms with Crippen LogP contribution in [0.15, 0.2) is 24.3 Å². The predicted molar refractivity (Wildman–Crippen MR) is 84.0 cm³/mol. The molecule has 1 fully saturated rings. The van der Waals surface area contributed by atoms with Gasteiger partial charge in [0.05, 0.1) is 6.61 Å². The number of benzene rings is 1. The van der Waals surface area contributed by atoms with E-state index in [1.54, 1.807) is 0 Å². The van der Waals surface area contributed by atoms with Crippen LogP contribution in [0.4, 0.5) is 0 Å². The van der Waals surface area contributed by atoms with Crippen molar-refractivity contribution in [3.05, 3.63) is 29.8 Å². The quantitative estimate of drug-likeness (QED) is 0.829. The lowest BCUT2D eigenvalue weighted by Crippen LogP contribution is -2.39. The first kappa shape index (κ1) is 15.2. The minimum Gasteiger partial charge on any atom is -0.494 e. The van der Waals surface area contributed by atoms with Gasteiger partial charge in [-0.3, -0.25) is 4.79 Å². The van der Waals surface area contributed by atoms with E-state index in [0.717, 1.165) is 18.0 Å². The minimum absolute atomic E-state index is 0.148. The highest BCUT2D eigenvalue weighted by molar-refractivity contribution is 7.99. The maximum Gasteiger partial charge on any atom is 0.224 e. The molecule has 1 aliphatic heterocycles. The number of rotatable bonds is 5. The van der Waals surface area contributed by atoms with Crippen molar-refractivity contribution < 1.29 is 9.53 Å². The molecule has 0 N–H and O–H groups in total. The highest BCUT2D eigenvalue weighted by Gasteiger charge is 2.30. The minimum atomic E-state index is 0.148. The largest absolute Gasteiger partial charge is 0.494 e.